The topological polar surface area (TPSA) is 51.2 Å². The lowest BCUT2D eigenvalue weighted by molar-refractivity contribution is 0.108. The molecule has 0 N–H and O–H groups in total. The third-order valence-electron chi connectivity index (χ3n) is 1.70. The number of rotatable bonds is 0. The molecule has 2 rings (SSSR count). The van der Waals surface area contributed by atoms with Crippen molar-refractivity contribution >= 4 is 24.8 Å². The predicted octanol–water partition coefficient (Wildman–Crippen LogP) is 1.54. The summed E-state index contributed by atoms with van der Waals surface area (Å²) in [4.78, 5) is 10.6. The number of carbonyl (C=O) groups excluding carboxylic acids is 1. The Balaban J connectivity index is 2.83. The first-order valence-corrected chi connectivity index (χ1v) is 6.21. The zero-order chi connectivity index (χ0) is 10.5. The molecule has 0 spiro atoms. The van der Waals surface area contributed by atoms with Crippen molar-refractivity contribution in [1.82, 2.24) is 0 Å². The van der Waals surface area contributed by atoms with Gasteiger partial charge in [-0.1, -0.05) is 0 Å². The van der Waals surface area contributed by atoms with Gasteiger partial charge in [-0.15, -0.1) is 0 Å². The predicted molar refractivity (Wildman–Crippen MR) is 45.5 cm³/mol. The van der Waals surface area contributed by atoms with Crippen LogP contribution in [0.4, 0.5) is 8.78 Å². The van der Waals surface area contributed by atoms with Crippen LogP contribution in [0, 0.1) is 11.6 Å². The highest BCUT2D eigenvalue weighted by atomic mass is 33.1. The van der Waals surface area contributed by atoms with E-state index in [2.05, 4.69) is 0 Å². The standard InChI is InChI=1S/C7H2F2O3S2/c8-4-1-3-6(2-5(4)9)14(11,12)13-7(3)10/h1-2H. The van der Waals surface area contributed by atoms with Crippen molar-refractivity contribution in [2.45, 2.75) is 4.90 Å². The Hall–Kier alpha value is -0.950. The minimum atomic E-state index is -3.83. The van der Waals surface area contributed by atoms with Crippen molar-refractivity contribution < 1.29 is 22.0 Å². The lowest BCUT2D eigenvalue weighted by Crippen LogP contribution is -1.95. The lowest BCUT2D eigenvalue weighted by atomic mass is 10.2. The van der Waals surface area contributed by atoms with Crippen LogP contribution >= 0.6 is 10.8 Å². The number of halogens is 2. The van der Waals surface area contributed by atoms with Crippen molar-refractivity contribution in [3.05, 3.63) is 29.3 Å². The normalized spacial score (nSPS) is 18.3. The van der Waals surface area contributed by atoms with Crippen LogP contribution in [-0.2, 0) is 8.87 Å². The number of hydrogen-bond donors (Lipinski definition) is 0. The summed E-state index contributed by atoms with van der Waals surface area (Å²) in [5.41, 5.74) is -0.297. The Morgan fingerprint density at radius 3 is 2.36 bits per heavy atom. The Bertz CT molecular complexity index is 536. The number of hydrogen-bond acceptors (Lipinski definition) is 4. The summed E-state index contributed by atoms with van der Waals surface area (Å²) in [6.45, 7) is 0. The van der Waals surface area contributed by atoms with Crippen molar-refractivity contribution in [3.8, 4) is 0 Å². The second kappa shape index (κ2) is 2.77. The smallest absolute Gasteiger partial charge is 0.238 e. The highest BCUT2D eigenvalue weighted by Crippen LogP contribution is 2.38. The van der Waals surface area contributed by atoms with Gasteiger partial charge in [0.2, 0.25) is 14.0 Å². The summed E-state index contributed by atoms with van der Waals surface area (Å²) < 4.78 is 47.7. The number of fused-ring (bicyclic) bond motifs is 1. The highest BCUT2D eigenvalue weighted by Gasteiger charge is 2.36. The van der Waals surface area contributed by atoms with Crippen LogP contribution in [-0.4, -0.2) is 13.5 Å². The molecule has 0 radical (unpaired) electrons. The van der Waals surface area contributed by atoms with E-state index < -0.39 is 30.5 Å². The first kappa shape index (κ1) is 9.60. The largest absolute Gasteiger partial charge is 0.280 e. The fourth-order valence-electron chi connectivity index (χ4n) is 1.08. The quantitative estimate of drug-likeness (QED) is 0.641. The van der Waals surface area contributed by atoms with Gasteiger partial charge < -0.3 is 0 Å². The lowest BCUT2D eigenvalue weighted by Gasteiger charge is -1.96. The second-order valence-electron chi connectivity index (χ2n) is 2.59. The maximum absolute atomic E-state index is 12.7. The molecule has 74 valence electrons. The SMILES string of the molecule is O=C1SS(=O)(=O)c2cc(F)c(F)cc21. The van der Waals surface area contributed by atoms with Crippen LogP contribution in [0.5, 0.6) is 0 Å². The van der Waals surface area contributed by atoms with Crippen LogP contribution in [0.2, 0.25) is 0 Å². The minimum absolute atomic E-state index is 0.0689. The van der Waals surface area contributed by atoms with Gasteiger partial charge in [-0.05, 0) is 12.1 Å². The summed E-state index contributed by atoms with van der Waals surface area (Å²) in [5.74, 6) is -2.50. The average molecular weight is 236 g/mol. The summed E-state index contributed by atoms with van der Waals surface area (Å²) in [5, 5.41) is -0.779. The van der Waals surface area contributed by atoms with Gasteiger partial charge in [-0.2, -0.15) is 0 Å². The number of carbonyl (C=O) groups is 1. The summed E-state index contributed by atoms with van der Waals surface area (Å²) in [7, 11) is -3.76. The molecule has 0 saturated heterocycles. The molecule has 7 heteroatoms. The van der Waals surface area contributed by atoms with Crippen molar-refractivity contribution in [2.24, 2.45) is 0 Å². The van der Waals surface area contributed by atoms with Gasteiger partial charge in [0.1, 0.15) is 0 Å². The van der Waals surface area contributed by atoms with Crippen molar-refractivity contribution in [3.63, 3.8) is 0 Å². The molecule has 1 aliphatic rings. The molecule has 1 aliphatic heterocycles. The molecule has 0 bridgehead atoms. The minimum Gasteiger partial charge on any atom is -0.280 e. The monoisotopic (exact) mass is 236 g/mol. The first-order chi connectivity index (χ1) is 6.42. The Labute approximate surface area is 81.4 Å². The molecule has 0 aromatic heterocycles. The zero-order valence-electron chi connectivity index (χ0n) is 6.45. The summed E-state index contributed by atoms with van der Waals surface area (Å²) in [6, 6.07) is 1.13. The van der Waals surface area contributed by atoms with Gasteiger partial charge in [0.15, 0.2) is 11.6 Å². The van der Waals surface area contributed by atoms with E-state index in [1.54, 1.807) is 0 Å². The van der Waals surface area contributed by atoms with Crippen LogP contribution in [0.25, 0.3) is 0 Å². The molecule has 1 heterocycles. The van der Waals surface area contributed by atoms with Gasteiger partial charge in [0.05, 0.1) is 21.3 Å². The fraction of sp³-hybridized carbons (Fsp3) is 0. The third-order valence-corrected chi connectivity index (χ3v) is 4.82. The molecule has 0 aliphatic carbocycles. The molecule has 1 aromatic rings. The Morgan fingerprint density at radius 2 is 1.71 bits per heavy atom. The molecule has 0 unspecified atom stereocenters. The van der Waals surface area contributed by atoms with Crippen LogP contribution in [0.3, 0.4) is 0 Å². The summed E-state index contributed by atoms with van der Waals surface area (Å²) in [6.07, 6.45) is 0. The number of benzene rings is 1. The zero-order valence-corrected chi connectivity index (χ0v) is 8.08. The molecule has 3 nitrogen and oxygen atoms in total. The van der Waals surface area contributed by atoms with E-state index >= 15 is 0 Å². The molecule has 0 amide bonds. The maximum atomic E-state index is 12.7. The second-order valence-corrected chi connectivity index (χ2v) is 6.29. The van der Waals surface area contributed by atoms with E-state index in [4.69, 9.17) is 0 Å². The van der Waals surface area contributed by atoms with Crippen LogP contribution < -0.4 is 0 Å². The Morgan fingerprint density at radius 1 is 1.14 bits per heavy atom. The molecular weight excluding hydrogens is 234 g/mol. The van der Waals surface area contributed by atoms with E-state index in [9.17, 15) is 22.0 Å². The van der Waals surface area contributed by atoms with E-state index in [1.165, 1.54) is 0 Å². The molecule has 14 heavy (non-hydrogen) atoms. The van der Waals surface area contributed by atoms with Gasteiger partial charge in [-0.3, -0.25) is 4.79 Å². The molecule has 0 saturated carbocycles. The molecule has 0 atom stereocenters. The van der Waals surface area contributed by atoms with Crippen molar-refractivity contribution in [2.75, 3.05) is 0 Å². The van der Waals surface area contributed by atoms with Gasteiger partial charge in [-0.25, -0.2) is 17.2 Å². The van der Waals surface area contributed by atoms with Crippen LogP contribution in [0.1, 0.15) is 10.4 Å². The van der Waals surface area contributed by atoms with E-state index in [0.29, 0.717) is 12.1 Å². The van der Waals surface area contributed by atoms with E-state index in [1.807, 2.05) is 0 Å². The highest BCUT2D eigenvalue weighted by molar-refractivity contribution is 8.78. The van der Waals surface area contributed by atoms with Crippen LogP contribution in [0.15, 0.2) is 17.0 Å². The van der Waals surface area contributed by atoms with Gasteiger partial charge >= 0.3 is 0 Å². The average Bonchev–Trinajstić information content (AvgIpc) is 2.26. The molecule has 0 fully saturated rings. The first-order valence-electron chi connectivity index (χ1n) is 3.40. The van der Waals surface area contributed by atoms with Gasteiger partial charge in [0, 0.05) is 0 Å². The maximum Gasteiger partial charge on any atom is 0.238 e. The molecule has 1 aromatic carbocycles. The Kier molecular flexibility index (Phi) is 1.90. The summed E-state index contributed by atoms with van der Waals surface area (Å²) >= 11 is 0. The van der Waals surface area contributed by atoms with E-state index in [-0.39, 0.29) is 16.4 Å². The van der Waals surface area contributed by atoms with Gasteiger partial charge in [0.25, 0.3) is 0 Å². The van der Waals surface area contributed by atoms with Crippen molar-refractivity contribution in [1.29, 1.82) is 0 Å². The van der Waals surface area contributed by atoms with E-state index in [0.717, 1.165) is 0 Å². The third kappa shape index (κ3) is 1.24. The molecular formula is C7H2F2O3S2. The fourth-order valence-corrected chi connectivity index (χ4v) is 3.92.